The van der Waals surface area contributed by atoms with E-state index in [4.69, 9.17) is 0 Å². The van der Waals surface area contributed by atoms with Crippen molar-refractivity contribution in [2.75, 3.05) is 13.1 Å². The van der Waals surface area contributed by atoms with Crippen molar-refractivity contribution in [3.63, 3.8) is 0 Å². The van der Waals surface area contributed by atoms with Crippen LogP contribution in [0.5, 0.6) is 0 Å². The SMILES string of the molecule is Fc1ccc(F)c(CN2CCCC(Cc3cncc(-c4ncc[nH]4)n3)C2)c1. The summed E-state index contributed by atoms with van der Waals surface area (Å²) in [4.78, 5) is 18.4. The summed E-state index contributed by atoms with van der Waals surface area (Å²) in [6, 6.07) is 3.64. The van der Waals surface area contributed by atoms with Gasteiger partial charge in [0, 0.05) is 37.2 Å². The van der Waals surface area contributed by atoms with Crippen LogP contribution in [0.15, 0.2) is 43.0 Å². The third-order valence-corrected chi connectivity index (χ3v) is 4.93. The Labute approximate surface area is 156 Å². The molecule has 0 aliphatic carbocycles. The van der Waals surface area contributed by atoms with Crippen molar-refractivity contribution in [2.24, 2.45) is 5.92 Å². The molecule has 7 heteroatoms. The van der Waals surface area contributed by atoms with Gasteiger partial charge in [0.05, 0.1) is 11.9 Å². The average Bonchev–Trinajstić information content (AvgIpc) is 3.20. The Bertz CT molecular complexity index is 897. The minimum Gasteiger partial charge on any atom is -0.343 e. The van der Waals surface area contributed by atoms with E-state index in [-0.39, 0.29) is 5.82 Å². The highest BCUT2D eigenvalue weighted by atomic mass is 19.1. The first-order valence-corrected chi connectivity index (χ1v) is 9.14. The zero-order valence-corrected chi connectivity index (χ0v) is 14.9. The number of imidazole rings is 1. The van der Waals surface area contributed by atoms with Gasteiger partial charge in [0.15, 0.2) is 5.82 Å². The molecule has 1 saturated heterocycles. The number of rotatable bonds is 5. The summed E-state index contributed by atoms with van der Waals surface area (Å²) in [6.45, 7) is 2.16. The molecule has 27 heavy (non-hydrogen) atoms. The van der Waals surface area contributed by atoms with E-state index in [0.29, 0.717) is 23.9 Å². The fraction of sp³-hybridized carbons (Fsp3) is 0.350. The zero-order valence-electron chi connectivity index (χ0n) is 14.9. The number of nitrogens with zero attached hydrogens (tertiary/aromatic N) is 4. The largest absolute Gasteiger partial charge is 0.343 e. The first-order chi connectivity index (χ1) is 13.2. The number of halogens is 2. The van der Waals surface area contributed by atoms with Gasteiger partial charge in [-0.2, -0.15) is 0 Å². The predicted molar refractivity (Wildman–Crippen MR) is 97.7 cm³/mol. The minimum atomic E-state index is -0.398. The number of hydrogen-bond donors (Lipinski definition) is 1. The van der Waals surface area contributed by atoms with Crippen LogP contribution in [0.2, 0.25) is 0 Å². The van der Waals surface area contributed by atoms with E-state index in [1.807, 2.05) is 0 Å². The molecule has 140 valence electrons. The molecule has 1 atom stereocenters. The molecule has 5 nitrogen and oxygen atoms in total. The Balaban J connectivity index is 1.41. The molecule has 1 fully saturated rings. The Kier molecular flexibility index (Phi) is 5.20. The maximum Gasteiger partial charge on any atom is 0.157 e. The number of H-pyrrole nitrogens is 1. The number of aromatic amines is 1. The molecule has 1 aliphatic heterocycles. The summed E-state index contributed by atoms with van der Waals surface area (Å²) in [7, 11) is 0. The van der Waals surface area contributed by atoms with Crippen LogP contribution in [0, 0.1) is 17.6 Å². The Morgan fingerprint density at radius 1 is 1.22 bits per heavy atom. The maximum atomic E-state index is 13.9. The maximum absolute atomic E-state index is 13.9. The van der Waals surface area contributed by atoms with Crippen LogP contribution in [0.3, 0.4) is 0 Å². The van der Waals surface area contributed by atoms with Crippen LogP contribution in [0.25, 0.3) is 11.5 Å². The lowest BCUT2D eigenvalue weighted by Gasteiger charge is -2.32. The van der Waals surface area contributed by atoms with Gasteiger partial charge in [-0.15, -0.1) is 0 Å². The zero-order chi connectivity index (χ0) is 18.6. The van der Waals surface area contributed by atoms with Crippen LogP contribution < -0.4 is 0 Å². The molecular weight excluding hydrogens is 348 g/mol. The third kappa shape index (κ3) is 4.36. The van der Waals surface area contributed by atoms with Gasteiger partial charge >= 0.3 is 0 Å². The Hall–Kier alpha value is -2.67. The van der Waals surface area contributed by atoms with Gasteiger partial charge in [-0.1, -0.05) is 0 Å². The second-order valence-electron chi connectivity index (χ2n) is 7.02. The van der Waals surface area contributed by atoms with Gasteiger partial charge in [0.25, 0.3) is 0 Å². The number of benzene rings is 1. The molecule has 1 N–H and O–H groups in total. The Morgan fingerprint density at radius 2 is 2.15 bits per heavy atom. The molecular formula is C20H21F2N5. The van der Waals surface area contributed by atoms with Crippen LogP contribution in [-0.4, -0.2) is 37.9 Å². The molecule has 1 unspecified atom stereocenters. The van der Waals surface area contributed by atoms with Gasteiger partial charge in [-0.25, -0.2) is 18.7 Å². The standard InChI is InChI=1S/C20H21F2N5/c21-16-3-4-18(22)15(9-16)13-27-7-1-2-14(12-27)8-17-10-23-11-19(26-17)20-24-5-6-25-20/h3-6,9-11,14H,1-2,7-8,12-13H2,(H,24,25). The number of aromatic nitrogens is 4. The van der Waals surface area contributed by atoms with Gasteiger partial charge in [-0.05, 0) is 49.9 Å². The molecule has 4 rings (SSSR count). The number of hydrogen-bond acceptors (Lipinski definition) is 4. The molecule has 0 amide bonds. The smallest absolute Gasteiger partial charge is 0.157 e. The molecule has 3 aromatic rings. The lowest BCUT2D eigenvalue weighted by atomic mass is 9.93. The summed E-state index contributed by atoms with van der Waals surface area (Å²) >= 11 is 0. The second kappa shape index (κ2) is 7.92. The quantitative estimate of drug-likeness (QED) is 0.747. The molecule has 3 heterocycles. The van der Waals surface area contributed by atoms with Crippen LogP contribution in [-0.2, 0) is 13.0 Å². The van der Waals surface area contributed by atoms with E-state index in [0.717, 1.165) is 49.8 Å². The van der Waals surface area contributed by atoms with Crippen LogP contribution in [0.1, 0.15) is 24.1 Å². The van der Waals surface area contributed by atoms with Crippen molar-refractivity contribution in [3.05, 3.63) is 65.9 Å². The third-order valence-electron chi connectivity index (χ3n) is 4.93. The molecule has 0 spiro atoms. The van der Waals surface area contributed by atoms with E-state index in [2.05, 4.69) is 24.8 Å². The monoisotopic (exact) mass is 369 g/mol. The van der Waals surface area contributed by atoms with E-state index < -0.39 is 5.82 Å². The summed E-state index contributed by atoms with van der Waals surface area (Å²) in [5, 5.41) is 0. The second-order valence-corrected chi connectivity index (χ2v) is 7.02. The van der Waals surface area contributed by atoms with Crippen molar-refractivity contribution >= 4 is 0 Å². The summed E-state index contributed by atoms with van der Waals surface area (Å²) in [5.41, 5.74) is 2.06. The molecule has 1 aliphatic rings. The molecule has 0 bridgehead atoms. The van der Waals surface area contributed by atoms with Crippen LogP contribution >= 0.6 is 0 Å². The number of nitrogens with one attached hydrogen (secondary N) is 1. The summed E-state index contributed by atoms with van der Waals surface area (Å²) in [5.74, 6) is 0.369. The van der Waals surface area contributed by atoms with Crippen molar-refractivity contribution in [1.82, 2.24) is 24.8 Å². The Morgan fingerprint density at radius 3 is 3.00 bits per heavy atom. The topological polar surface area (TPSA) is 57.7 Å². The number of piperidine rings is 1. The highest BCUT2D eigenvalue weighted by Gasteiger charge is 2.22. The van der Waals surface area contributed by atoms with Gasteiger partial charge in [-0.3, -0.25) is 9.88 Å². The normalized spacial score (nSPS) is 17.9. The minimum absolute atomic E-state index is 0.351. The summed E-state index contributed by atoms with van der Waals surface area (Å²) in [6.07, 6.45) is 9.87. The van der Waals surface area contributed by atoms with E-state index in [1.165, 1.54) is 12.1 Å². The fourth-order valence-electron chi connectivity index (χ4n) is 3.69. The fourth-order valence-corrected chi connectivity index (χ4v) is 3.69. The first-order valence-electron chi connectivity index (χ1n) is 9.14. The molecule has 1 aromatic carbocycles. The predicted octanol–water partition coefficient (Wildman–Crippen LogP) is 3.60. The molecule has 2 aromatic heterocycles. The lowest BCUT2D eigenvalue weighted by Crippen LogP contribution is -2.36. The van der Waals surface area contributed by atoms with Gasteiger partial charge < -0.3 is 4.98 Å². The van der Waals surface area contributed by atoms with E-state index in [9.17, 15) is 8.78 Å². The highest BCUT2D eigenvalue weighted by molar-refractivity contribution is 5.46. The van der Waals surface area contributed by atoms with Crippen molar-refractivity contribution in [2.45, 2.75) is 25.8 Å². The average molecular weight is 369 g/mol. The van der Waals surface area contributed by atoms with Gasteiger partial charge in [0.2, 0.25) is 0 Å². The van der Waals surface area contributed by atoms with Crippen molar-refractivity contribution in [3.8, 4) is 11.5 Å². The van der Waals surface area contributed by atoms with Gasteiger partial charge in [0.1, 0.15) is 17.3 Å². The van der Waals surface area contributed by atoms with E-state index >= 15 is 0 Å². The molecule has 0 radical (unpaired) electrons. The lowest BCUT2D eigenvalue weighted by molar-refractivity contribution is 0.164. The van der Waals surface area contributed by atoms with Crippen LogP contribution in [0.4, 0.5) is 8.78 Å². The van der Waals surface area contributed by atoms with E-state index in [1.54, 1.807) is 24.8 Å². The number of likely N-dealkylation sites (tertiary alicyclic amines) is 1. The first kappa shape index (κ1) is 17.7. The van der Waals surface area contributed by atoms with Crippen molar-refractivity contribution in [1.29, 1.82) is 0 Å². The molecule has 0 saturated carbocycles. The summed E-state index contributed by atoms with van der Waals surface area (Å²) < 4.78 is 27.3. The van der Waals surface area contributed by atoms with Crippen molar-refractivity contribution < 1.29 is 8.78 Å². The highest BCUT2D eigenvalue weighted by Crippen LogP contribution is 2.23.